The summed E-state index contributed by atoms with van der Waals surface area (Å²) in [5, 5.41) is 4.99. The Labute approximate surface area is 101 Å². The van der Waals surface area contributed by atoms with Crippen LogP contribution in [0.3, 0.4) is 0 Å². The lowest BCUT2D eigenvalue weighted by molar-refractivity contribution is 0.0802. The smallest absolute Gasteiger partial charge is 0.275 e. The van der Waals surface area contributed by atoms with E-state index in [1.807, 2.05) is 41.0 Å². The molecule has 0 unspecified atom stereocenters. The Kier molecular flexibility index (Phi) is 2.68. The fourth-order valence-electron chi connectivity index (χ4n) is 1.71. The second-order valence-electron chi connectivity index (χ2n) is 3.40. The van der Waals surface area contributed by atoms with Gasteiger partial charge in [-0.1, -0.05) is 6.07 Å². The van der Waals surface area contributed by atoms with Gasteiger partial charge in [0.1, 0.15) is 0 Å². The van der Waals surface area contributed by atoms with Crippen molar-refractivity contribution in [3.63, 3.8) is 0 Å². The molecule has 3 rings (SSSR count). The van der Waals surface area contributed by atoms with E-state index in [2.05, 4.69) is 10.4 Å². The number of nitrogens with one attached hydrogen (secondary N) is 1. The number of fused-ring (bicyclic) bond motifs is 2. The van der Waals surface area contributed by atoms with Gasteiger partial charge in [-0.3, -0.25) is 10.2 Å². The van der Waals surface area contributed by atoms with E-state index in [1.54, 1.807) is 0 Å². The Morgan fingerprint density at radius 1 is 1.40 bits per heavy atom. The fraction of sp³-hybridized carbons (Fsp3) is 0.444. The zero-order chi connectivity index (χ0) is 10.3. The number of amides is 1. The van der Waals surface area contributed by atoms with Gasteiger partial charge in [0, 0.05) is 11.5 Å². The summed E-state index contributed by atoms with van der Waals surface area (Å²) in [6, 6.07) is 3.76. The molecule has 0 aromatic carbocycles. The maximum Gasteiger partial charge on any atom is 0.275 e. The van der Waals surface area contributed by atoms with Crippen molar-refractivity contribution in [3.8, 4) is 0 Å². The summed E-state index contributed by atoms with van der Waals surface area (Å²) < 4.78 is 0. The SMILES string of the molecule is O=C(NN1[C@H]2CS[C@@H]1CS2)c1cccs1. The van der Waals surface area contributed by atoms with Crippen molar-refractivity contribution in [1.82, 2.24) is 10.4 Å². The van der Waals surface area contributed by atoms with Crippen LogP contribution in [-0.2, 0) is 0 Å². The molecule has 3 nitrogen and oxygen atoms in total. The van der Waals surface area contributed by atoms with Crippen LogP contribution in [0.25, 0.3) is 0 Å². The van der Waals surface area contributed by atoms with Crippen molar-refractivity contribution in [2.75, 3.05) is 11.5 Å². The molecule has 1 amide bonds. The number of hydrogen-bond acceptors (Lipinski definition) is 5. The number of rotatable bonds is 2. The van der Waals surface area contributed by atoms with Crippen LogP contribution in [-0.4, -0.2) is 33.2 Å². The number of thioether (sulfide) groups is 2. The summed E-state index contributed by atoms with van der Waals surface area (Å²) in [7, 11) is 0. The molecule has 2 aliphatic rings. The van der Waals surface area contributed by atoms with Gasteiger partial charge in [-0.05, 0) is 11.4 Å². The molecule has 0 saturated carbocycles. The Morgan fingerprint density at radius 3 is 2.67 bits per heavy atom. The summed E-state index contributed by atoms with van der Waals surface area (Å²) in [6.45, 7) is 0. The molecule has 3 heterocycles. The van der Waals surface area contributed by atoms with Crippen LogP contribution in [0.4, 0.5) is 0 Å². The average Bonchev–Trinajstić information content (AvgIpc) is 2.94. The van der Waals surface area contributed by atoms with Gasteiger partial charge in [-0.2, -0.15) is 5.01 Å². The van der Waals surface area contributed by atoms with Gasteiger partial charge in [0.2, 0.25) is 0 Å². The maximum atomic E-state index is 11.8. The molecule has 6 heteroatoms. The van der Waals surface area contributed by atoms with E-state index in [9.17, 15) is 4.79 Å². The first-order valence-electron chi connectivity index (χ1n) is 4.70. The first kappa shape index (κ1) is 10.0. The number of carbonyl (C=O) groups is 1. The van der Waals surface area contributed by atoms with Gasteiger partial charge in [0.05, 0.1) is 15.6 Å². The summed E-state index contributed by atoms with van der Waals surface area (Å²) in [6.07, 6.45) is 0. The van der Waals surface area contributed by atoms with Crippen molar-refractivity contribution in [2.45, 2.75) is 10.7 Å². The van der Waals surface area contributed by atoms with Crippen molar-refractivity contribution in [1.29, 1.82) is 0 Å². The number of nitrogens with zero attached hydrogens (tertiary/aromatic N) is 1. The first-order valence-corrected chi connectivity index (χ1v) is 7.68. The van der Waals surface area contributed by atoms with Crippen molar-refractivity contribution in [2.24, 2.45) is 0 Å². The van der Waals surface area contributed by atoms with Crippen LogP contribution >= 0.6 is 34.9 Å². The molecule has 1 aromatic heterocycles. The molecule has 1 aromatic rings. The largest absolute Gasteiger partial charge is 0.282 e. The topological polar surface area (TPSA) is 32.3 Å². The second kappa shape index (κ2) is 4.01. The van der Waals surface area contributed by atoms with Gasteiger partial charge < -0.3 is 0 Å². The third-order valence-electron chi connectivity index (χ3n) is 2.46. The van der Waals surface area contributed by atoms with Crippen molar-refractivity contribution < 1.29 is 4.79 Å². The van der Waals surface area contributed by atoms with E-state index in [0.717, 1.165) is 16.4 Å². The van der Waals surface area contributed by atoms with E-state index < -0.39 is 0 Å². The molecule has 0 radical (unpaired) electrons. The molecule has 2 saturated heterocycles. The second-order valence-corrected chi connectivity index (χ2v) is 6.77. The normalized spacial score (nSPS) is 29.6. The van der Waals surface area contributed by atoms with E-state index in [-0.39, 0.29) is 5.91 Å². The van der Waals surface area contributed by atoms with Gasteiger partial charge >= 0.3 is 0 Å². The fourth-order valence-corrected chi connectivity index (χ4v) is 5.46. The molecule has 0 spiro atoms. The molecular formula is C9H10N2OS3. The number of thiophene rings is 1. The summed E-state index contributed by atoms with van der Waals surface area (Å²) in [4.78, 5) is 12.6. The summed E-state index contributed by atoms with van der Waals surface area (Å²) in [5.74, 6) is 2.28. The highest BCUT2D eigenvalue weighted by atomic mass is 32.2. The molecule has 15 heavy (non-hydrogen) atoms. The number of carbonyl (C=O) groups excluding carboxylic acids is 1. The van der Waals surface area contributed by atoms with E-state index in [0.29, 0.717) is 10.7 Å². The zero-order valence-corrected chi connectivity index (χ0v) is 10.3. The van der Waals surface area contributed by atoms with Gasteiger partial charge in [0.15, 0.2) is 0 Å². The lowest BCUT2D eigenvalue weighted by Gasteiger charge is -2.19. The van der Waals surface area contributed by atoms with Crippen molar-refractivity contribution in [3.05, 3.63) is 22.4 Å². The molecule has 2 aliphatic heterocycles. The van der Waals surface area contributed by atoms with E-state index in [1.165, 1.54) is 11.3 Å². The number of hydrogen-bond donors (Lipinski definition) is 1. The molecule has 0 aliphatic carbocycles. The standard InChI is InChI=1S/C9H10N2OS3/c12-9(6-2-1-3-13-6)10-11-7-4-14-8(11)5-15-7/h1-3,7-8H,4-5H2,(H,10,12)/t7-,8-/m1/s1. The van der Waals surface area contributed by atoms with Crippen molar-refractivity contribution >= 4 is 40.8 Å². The molecule has 2 fully saturated rings. The highest BCUT2D eigenvalue weighted by Gasteiger charge is 2.41. The quantitative estimate of drug-likeness (QED) is 0.877. The number of hydrazine groups is 1. The molecule has 2 bridgehead atoms. The Hall–Kier alpha value is -0.170. The van der Waals surface area contributed by atoms with Crippen LogP contribution in [0.5, 0.6) is 0 Å². The predicted octanol–water partition coefficient (Wildman–Crippen LogP) is 1.84. The minimum Gasteiger partial charge on any atom is -0.282 e. The molecular weight excluding hydrogens is 248 g/mol. The van der Waals surface area contributed by atoms with Gasteiger partial charge in [-0.25, -0.2) is 0 Å². The molecule has 1 N–H and O–H groups in total. The summed E-state index contributed by atoms with van der Waals surface area (Å²) >= 11 is 5.35. The zero-order valence-electron chi connectivity index (χ0n) is 7.88. The first-order chi connectivity index (χ1) is 7.34. The summed E-state index contributed by atoms with van der Waals surface area (Å²) in [5.41, 5.74) is 3.01. The van der Waals surface area contributed by atoms with E-state index >= 15 is 0 Å². The monoisotopic (exact) mass is 258 g/mol. The van der Waals surface area contributed by atoms with Crippen LogP contribution < -0.4 is 5.43 Å². The third kappa shape index (κ3) is 1.80. The average molecular weight is 258 g/mol. The molecule has 80 valence electrons. The maximum absolute atomic E-state index is 11.8. The Balaban J connectivity index is 1.69. The minimum absolute atomic E-state index is 0.0324. The molecule has 2 atom stereocenters. The minimum atomic E-state index is 0.0324. The van der Waals surface area contributed by atoms with Crippen LogP contribution in [0.15, 0.2) is 17.5 Å². The van der Waals surface area contributed by atoms with E-state index in [4.69, 9.17) is 0 Å². The predicted molar refractivity (Wildman–Crippen MR) is 66.1 cm³/mol. The van der Waals surface area contributed by atoms with Gasteiger partial charge in [-0.15, -0.1) is 34.9 Å². The van der Waals surface area contributed by atoms with Crippen LogP contribution in [0.1, 0.15) is 9.67 Å². The Bertz CT molecular complexity index is 347. The van der Waals surface area contributed by atoms with Gasteiger partial charge in [0.25, 0.3) is 5.91 Å². The Morgan fingerprint density at radius 2 is 2.13 bits per heavy atom. The third-order valence-corrected chi connectivity index (χ3v) is 6.32. The van der Waals surface area contributed by atoms with Crippen LogP contribution in [0.2, 0.25) is 0 Å². The highest BCUT2D eigenvalue weighted by molar-refractivity contribution is 8.07. The highest BCUT2D eigenvalue weighted by Crippen LogP contribution is 2.42. The lowest BCUT2D eigenvalue weighted by atomic mass is 10.4. The van der Waals surface area contributed by atoms with Crippen LogP contribution in [0, 0.1) is 0 Å². The lowest BCUT2D eigenvalue weighted by Crippen LogP contribution is -2.45.